The minimum Gasteiger partial charge on any atom is -0.456 e. The first-order valence-electron chi connectivity index (χ1n) is 46.6. The highest BCUT2D eigenvalue weighted by atomic mass is 16.3. The van der Waals surface area contributed by atoms with E-state index in [0.29, 0.717) is 11.8 Å². The lowest BCUT2D eigenvalue weighted by molar-refractivity contribution is 0.615. The summed E-state index contributed by atoms with van der Waals surface area (Å²) in [5, 5.41) is 17.0. The summed E-state index contributed by atoms with van der Waals surface area (Å²) in [7, 11) is 0. The molecule has 9 nitrogen and oxygen atoms in total. The Morgan fingerprint density at radius 3 is 1.01 bits per heavy atom. The van der Waals surface area contributed by atoms with Crippen LogP contribution in [0.3, 0.4) is 0 Å². The fourth-order valence-corrected chi connectivity index (χ4v) is 22.7. The summed E-state index contributed by atoms with van der Waals surface area (Å²) in [4.78, 5) is 7.16. The van der Waals surface area contributed by atoms with E-state index in [4.69, 9.17) is 13.3 Å². The first-order chi connectivity index (χ1) is 67.0. The molecule has 2 aliphatic heterocycles. The summed E-state index contributed by atoms with van der Waals surface area (Å²) in [6, 6.07) is 153. The van der Waals surface area contributed by atoms with Crippen LogP contribution in [0, 0.1) is 0 Å². The Kier molecular flexibility index (Phi) is 17.2. The van der Waals surface area contributed by atoms with Crippen LogP contribution in [-0.2, 0) is 0 Å². The molecule has 9 heteroatoms. The van der Waals surface area contributed by atoms with E-state index in [1.54, 1.807) is 0 Å². The van der Waals surface area contributed by atoms with Crippen LogP contribution in [0.4, 0.5) is 51.2 Å². The second-order valence-electron chi connectivity index (χ2n) is 36.0. The van der Waals surface area contributed by atoms with Crippen LogP contribution < -0.4 is 14.7 Å². The number of furan rings is 3. The zero-order valence-electron chi connectivity index (χ0n) is 73.3. The molecule has 0 bridgehead atoms. The molecule has 634 valence electrons. The first kappa shape index (κ1) is 76.2. The maximum absolute atomic E-state index is 6.62. The largest absolute Gasteiger partial charge is 0.456 e. The monoisotopic (exact) mass is 1730 g/mol. The average Bonchev–Trinajstić information content (AvgIpc) is 1.55. The van der Waals surface area contributed by atoms with Gasteiger partial charge in [-0.3, -0.25) is 0 Å². The van der Waals surface area contributed by atoms with Crippen molar-refractivity contribution >= 4 is 199 Å². The number of para-hydroxylation sites is 8. The lowest BCUT2D eigenvalue weighted by Gasteiger charge is -2.27. The predicted octanol–water partition coefficient (Wildman–Crippen LogP) is 35.1. The molecule has 4 unspecified atom stereocenters. The second-order valence-corrected chi connectivity index (χ2v) is 36.0. The maximum atomic E-state index is 6.62. The van der Waals surface area contributed by atoms with Crippen molar-refractivity contribution in [1.29, 1.82) is 0 Å². The summed E-state index contributed by atoms with van der Waals surface area (Å²) in [6.07, 6.45) is 18.2. The van der Waals surface area contributed by atoms with Gasteiger partial charge in [0.1, 0.15) is 27.9 Å². The van der Waals surface area contributed by atoms with Gasteiger partial charge in [0, 0.05) is 150 Å². The lowest BCUT2D eigenvalue weighted by Crippen LogP contribution is -2.11. The molecular formula is C126H82N6O3. The topological polar surface area (TPSA) is 63.4 Å². The molecule has 2 aliphatic carbocycles. The van der Waals surface area contributed by atoms with E-state index >= 15 is 0 Å². The van der Waals surface area contributed by atoms with Crippen molar-refractivity contribution in [2.75, 3.05) is 14.7 Å². The van der Waals surface area contributed by atoms with Crippen LogP contribution in [0.1, 0.15) is 35.0 Å². The summed E-state index contributed by atoms with van der Waals surface area (Å²) in [5.74, 6) is 0.608. The third-order valence-electron chi connectivity index (χ3n) is 28.7. The zero-order chi connectivity index (χ0) is 88.5. The van der Waals surface area contributed by atoms with E-state index in [1.165, 1.54) is 126 Å². The van der Waals surface area contributed by atoms with Gasteiger partial charge in [-0.2, -0.15) is 0 Å². The van der Waals surface area contributed by atoms with Crippen molar-refractivity contribution in [2.24, 2.45) is 0 Å². The molecule has 0 radical (unpaired) electrons. The number of hydrogen-bond donors (Lipinski definition) is 0. The molecule has 4 aliphatic rings. The molecular weight excluding hydrogens is 1650 g/mol. The maximum Gasteiger partial charge on any atom is 0.159 e. The van der Waals surface area contributed by atoms with E-state index in [2.05, 4.69) is 471 Å². The number of hydrogen-bond acceptors (Lipinski definition) is 6. The van der Waals surface area contributed by atoms with Crippen LogP contribution in [0.15, 0.2) is 487 Å². The number of aromatic nitrogens is 3. The van der Waals surface area contributed by atoms with Crippen LogP contribution in [-0.4, -0.2) is 13.5 Å². The third kappa shape index (κ3) is 12.0. The highest BCUT2D eigenvalue weighted by Gasteiger charge is 2.38. The summed E-state index contributed by atoms with van der Waals surface area (Å²) >= 11 is 0. The van der Waals surface area contributed by atoms with Crippen LogP contribution >= 0.6 is 0 Å². The summed E-state index contributed by atoms with van der Waals surface area (Å²) in [5.41, 5.74) is 34.2. The second kappa shape index (κ2) is 30.5. The van der Waals surface area contributed by atoms with Crippen LogP contribution in [0.2, 0.25) is 0 Å². The van der Waals surface area contributed by atoms with E-state index in [-0.39, 0.29) is 12.1 Å². The Bertz CT molecular complexity index is 9320. The molecule has 26 aromatic rings. The summed E-state index contributed by atoms with van der Waals surface area (Å²) in [6.45, 7) is 0. The molecule has 9 heterocycles. The number of anilines is 9. The Morgan fingerprint density at radius 2 is 0.519 bits per heavy atom. The average molecular weight is 1730 g/mol. The molecule has 0 spiro atoms. The highest BCUT2D eigenvalue weighted by molar-refractivity contribution is 6.25. The molecule has 30 rings (SSSR count). The number of rotatable bonds is 12. The van der Waals surface area contributed by atoms with Gasteiger partial charge >= 0.3 is 0 Å². The van der Waals surface area contributed by atoms with Crippen molar-refractivity contribution in [3.63, 3.8) is 0 Å². The predicted molar refractivity (Wildman–Crippen MR) is 562 cm³/mol. The number of nitrogens with zero attached hydrogens (tertiary/aromatic N) is 6. The van der Waals surface area contributed by atoms with E-state index in [9.17, 15) is 0 Å². The Morgan fingerprint density at radius 1 is 0.193 bits per heavy atom. The fraction of sp³-hybridized carbons (Fsp3) is 0.0317. The van der Waals surface area contributed by atoms with E-state index in [1.807, 2.05) is 30.3 Å². The van der Waals surface area contributed by atoms with Crippen LogP contribution in [0.25, 0.3) is 181 Å². The van der Waals surface area contributed by atoms with E-state index < -0.39 is 0 Å². The molecule has 4 atom stereocenters. The molecule has 0 N–H and O–H groups in total. The lowest BCUT2D eigenvalue weighted by atomic mass is 9.89. The Balaban J connectivity index is 0.000000101. The van der Waals surface area contributed by atoms with Gasteiger partial charge in [-0.1, -0.05) is 316 Å². The quantitative estimate of drug-likeness (QED) is 0.121. The fourth-order valence-electron chi connectivity index (χ4n) is 22.7. The first-order valence-corrected chi connectivity index (χ1v) is 46.6. The van der Waals surface area contributed by atoms with Gasteiger partial charge in [-0.15, -0.1) is 0 Å². The van der Waals surface area contributed by atoms with Gasteiger partial charge in [0.05, 0.1) is 45.4 Å². The molecule has 0 fully saturated rings. The standard InChI is InChI=1S/C42H26N2O.2C42H28N2O/c1-2-11-27(12-3-1)28-21-23-29(24-22-28)43(39-19-10-16-34-33-15-6-9-20-40(33)45-42(34)39)30-25-35-31-13-4-7-17-37(31)44-38-18-8-5-14-32(38)36(26-30)41(35)44;1-2-10-27(11-3-1)28-18-20-29(21-19-28)43(30-22-23-35-34-14-6-9-17-40(34)45-41(35)26-30)31-24-36-32-12-4-7-15-38(32)44-39-16-8-5-13-33(39)37(25-31)42(36)44;1-2-10-27(11-3-1)28-18-20-29(21-19-28)43(30-22-23-41-35(24-30)34-14-6-9-17-40(34)45-41)31-25-36-32-12-4-7-15-38(32)44-39-16-8-5-13-33(39)37(26-31)42(36)44/h1-26H;2*1-26,32,38H. The van der Waals surface area contributed by atoms with Gasteiger partial charge < -0.3 is 41.5 Å². The van der Waals surface area contributed by atoms with Gasteiger partial charge in [-0.05, 0) is 196 Å². The van der Waals surface area contributed by atoms with E-state index in [0.717, 1.165) is 117 Å². The molecule has 19 aromatic carbocycles. The van der Waals surface area contributed by atoms with Crippen molar-refractivity contribution in [3.05, 3.63) is 484 Å². The number of allylic oxidation sites excluding steroid dienone is 8. The minimum atomic E-state index is 0.285. The molecule has 0 saturated carbocycles. The molecule has 7 aromatic heterocycles. The van der Waals surface area contributed by atoms with Gasteiger partial charge in [0.15, 0.2) is 5.58 Å². The number of fused-ring (bicyclic) bond motifs is 27. The normalized spacial score (nSPS) is 15.1. The molecule has 0 amide bonds. The van der Waals surface area contributed by atoms with Crippen molar-refractivity contribution < 1.29 is 13.3 Å². The Hall–Kier alpha value is -17.7. The molecule has 0 saturated heterocycles. The Labute approximate surface area is 776 Å². The number of benzene rings is 19. The summed E-state index contributed by atoms with van der Waals surface area (Å²) < 4.78 is 26.8. The van der Waals surface area contributed by atoms with Crippen molar-refractivity contribution in [2.45, 2.75) is 23.9 Å². The van der Waals surface area contributed by atoms with Gasteiger partial charge in [0.25, 0.3) is 0 Å². The van der Waals surface area contributed by atoms with Crippen molar-refractivity contribution in [3.8, 4) is 33.4 Å². The smallest absolute Gasteiger partial charge is 0.159 e. The zero-order valence-corrected chi connectivity index (χ0v) is 73.3. The van der Waals surface area contributed by atoms with Gasteiger partial charge in [0.2, 0.25) is 0 Å². The minimum absolute atomic E-state index is 0.285. The van der Waals surface area contributed by atoms with Crippen molar-refractivity contribution in [1.82, 2.24) is 13.5 Å². The van der Waals surface area contributed by atoms with Gasteiger partial charge in [-0.25, -0.2) is 0 Å². The SMILES string of the molecule is C1=CC2c3cc(N(c4ccc(-c5ccccc5)cc4)c4ccc5c(c4)oc4ccccc45)cc4c5ccccc5n(c34)C2C=C1.C1=CC2c3cc(N(c4ccc(-c5ccccc5)cc4)c4ccc5oc6ccccc6c5c4)cc4c5ccccc5n(c34)C2C=C1.c1ccc(-c2ccc(N(c3cc4c5ccccc5n5c6ccccc6c(c3)c45)c3cccc4c3oc3ccccc34)cc2)cc1. The molecule has 135 heavy (non-hydrogen) atoms. The third-order valence-corrected chi connectivity index (χ3v) is 28.7. The highest BCUT2D eigenvalue weighted by Crippen LogP contribution is 2.56. The van der Waals surface area contributed by atoms with Crippen LogP contribution in [0.5, 0.6) is 0 Å².